The summed E-state index contributed by atoms with van der Waals surface area (Å²) in [6.45, 7) is 0. The number of thioether (sulfide) groups is 1. The molecular formula is C25H22N2OS. The molecule has 29 heavy (non-hydrogen) atoms. The average molecular weight is 399 g/mol. The van der Waals surface area contributed by atoms with E-state index in [4.69, 9.17) is 4.74 Å². The number of rotatable bonds is 3. The van der Waals surface area contributed by atoms with Crippen molar-refractivity contribution in [2.24, 2.45) is 0 Å². The molecule has 0 radical (unpaired) electrons. The Morgan fingerprint density at radius 3 is 2.31 bits per heavy atom. The first-order chi connectivity index (χ1) is 14.3. The van der Waals surface area contributed by atoms with Crippen LogP contribution in [-0.2, 0) is 4.74 Å². The Labute approximate surface area is 175 Å². The van der Waals surface area contributed by atoms with Crippen molar-refractivity contribution in [1.82, 2.24) is 0 Å². The van der Waals surface area contributed by atoms with E-state index in [0.717, 1.165) is 17.3 Å². The largest absolute Gasteiger partial charge is 0.482 e. The summed E-state index contributed by atoms with van der Waals surface area (Å²) in [6.07, 6.45) is 4.48. The second-order valence-corrected chi connectivity index (χ2v) is 8.24. The molecule has 1 unspecified atom stereocenters. The lowest BCUT2D eigenvalue weighted by Crippen LogP contribution is -2.25. The number of nitrogens with zero attached hydrogens (tertiary/aromatic N) is 2. The molecule has 5 rings (SSSR count). The van der Waals surface area contributed by atoms with E-state index in [0.29, 0.717) is 0 Å². The van der Waals surface area contributed by atoms with Crippen molar-refractivity contribution in [3.8, 4) is 0 Å². The third-order valence-corrected chi connectivity index (χ3v) is 6.67. The molecule has 0 spiro atoms. The van der Waals surface area contributed by atoms with Gasteiger partial charge < -0.3 is 9.64 Å². The molecule has 144 valence electrons. The first-order valence-corrected chi connectivity index (χ1v) is 10.5. The van der Waals surface area contributed by atoms with E-state index in [1.165, 1.54) is 21.7 Å². The second kappa shape index (κ2) is 7.37. The van der Waals surface area contributed by atoms with Gasteiger partial charge in [0.2, 0.25) is 0 Å². The fourth-order valence-corrected chi connectivity index (χ4v) is 5.17. The molecule has 0 bridgehead atoms. The number of fused-ring (bicyclic) bond motifs is 2. The third-order valence-electron chi connectivity index (χ3n) is 5.38. The molecule has 4 heteroatoms. The van der Waals surface area contributed by atoms with Crippen LogP contribution in [0, 0.1) is 0 Å². The van der Waals surface area contributed by atoms with Crippen LogP contribution in [0.3, 0.4) is 0 Å². The van der Waals surface area contributed by atoms with Crippen molar-refractivity contribution in [3.63, 3.8) is 0 Å². The van der Waals surface area contributed by atoms with Crippen LogP contribution >= 0.6 is 11.8 Å². The molecule has 2 aliphatic rings. The number of ether oxygens (including phenoxy) is 1. The lowest BCUT2D eigenvalue weighted by atomic mass is 9.98. The standard InChI is InChI=1S/C25H22N2OS/c1-26-22-14-8-9-15-23(22)29-25(26)17-18-16-24(28-2)27(19-10-4-3-5-11-19)21-13-7-6-12-20(18)21/h3-17,25H,1-2H3. The number of hydrogen-bond donors (Lipinski definition) is 0. The Morgan fingerprint density at radius 2 is 1.55 bits per heavy atom. The van der Waals surface area contributed by atoms with Crippen molar-refractivity contribution in [1.29, 1.82) is 0 Å². The quantitative estimate of drug-likeness (QED) is 0.516. The van der Waals surface area contributed by atoms with Crippen LogP contribution in [0.25, 0.3) is 5.57 Å². The van der Waals surface area contributed by atoms with Crippen LogP contribution in [0.2, 0.25) is 0 Å². The molecule has 1 atom stereocenters. The van der Waals surface area contributed by atoms with Crippen molar-refractivity contribution in [3.05, 3.63) is 102 Å². The van der Waals surface area contributed by atoms with Gasteiger partial charge in [-0.3, -0.25) is 4.90 Å². The maximum atomic E-state index is 5.82. The fourth-order valence-electron chi connectivity index (χ4n) is 3.93. The molecule has 2 aliphatic heterocycles. The van der Waals surface area contributed by atoms with Crippen molar-refractivity contribution >= 4 is 34.4 Å². The second-order valence-electron chi connectivity index (χ2n) is 7.08. The summed E-state index contributed by atoms with van der Waals surface area (Å²) >= 11 is 1.88. The predicted octanol–water partition coefficient (Wildman–Crippen LogP) is 6.28. The number of likely N-dealkylation sites (N-methyl/N-ethyl adjacent to an activating group) is 1. The minimum atomic E-state index is 0.244. The molecule has 0 saturated heterocycles. The van der Waals surface area contributed by atoms with Gasteiger partial charge in [-0.25, -0.2) is 0 Å². The van der Waals surface area contributed by atoms with Gasteiger partial charge in [-0.05, 0) is 42.0 Å². The van der Waals surface area contributed by atoms with E-state index >= 15 is 0 Å². The van der Waals surface area contributed by atoms with Crippen molar-refractivity contribution < 1.29 is 4.74 Å². The normalized spacial score (nSPS) is 19.0. The topological polar surface area (TPSA) is 15.7 Å². The van der Waals surface area contributed by atoms with Crippen LogP contribution in [-0.4, -0.2) is 19.5 Å². The third kappa shape index (κ3) is 3.10. The average Bonchev–Trinajstić information content (AvgIpc) is 3.09. The molecule has 0 N–H and O–H groups in total. The van der Waals surface area contributed by atoms with Crippen molar-refractivity contribution in [2.75, 3.05) is 24.0 Å². The fraction of sp³-hybridized carbons (Fsp3) is 0.120. The van der Waals surface area contributed by atoms with Crippen LogP contribution in [0.4, 0.5) is 17.1 Å². The predicted molar refractivity (Wildman–Crippen MR) is 123 cm³/mol. The highest BCUT2D eigenvalue weighted by Crippen LogP contribution is 2.46. The molecule has 3 aromatic carbocycles. The number of anilines is 3. The highest BCUT2D eigenvalue weighted by atomic mass is 32.2. The summed E-state index contributed by atoms with van der Waals surface area (Å²) in [5, 5.41) is 0.244. The summed E-state index contributed by atoms with van der Waals surface area (Å²) in [5.74, 6) is 0.823. The summed E-state index contributed by atoms with van der Waals surface area (Å²) in [4.78, 5) is 5.83. The molecule has 3 nitrogen and oxygen atoms in total. The number of benzene rings is 3. The number of hydrogen-bond acceptors (Lipinski definition) is 4. The molecule has 0 saturated carbocycles. The smallest absolute Gasteiger partial charge is 0.198 e. The number of methoxy groups -OCH3 is 1. The van der Waals surface area contributed by atoms with Crippen LogP contribution in [0.1, 0.15) is 5.56 Å². The Kier molecular flexibility index (Phi) is 4.57. The molecule has 0 aromatic heterocycles. The number of para-hydroxylation sites is 3. The van der Waals surface area contributed by atoms with E-state index < -0.39 is 0 Å². The SMILES string of the molecule is COC1=CC(=CC2Sc3ccccc3N2C)c2ccccc2N1c1ccccc1. The highest BCUT2D eigenvalue weighted by molar-refractivity contribution is 8.00. The van der Waals surface area contributed by atoms with Gasteiger partial charge in [0, 0.05) is 29.3 Å². The van der Waals surface area contributed by atoms with Gasteiger partial charge in [0.1, 0.15) is 0 Å². The molecular weight excluding hydrogens is 376 g/mol. The minimum Gasteiger partial charge on any atom is -0.482 e. The summed E-state index contributed by atoms with van der Waals surface area (Å²) in [5.41, 5.74) is 5.90. The lowest BCUT2D eigenvalue weighted by molar-refractivity contribution is 0.286. The van der Waals surface area contributed by atoms with Crippen molar-refractivity contribution in [2.45, 2.75) is 10.3 Å². The van der Waals surface area contributed by atoms with Gasteiger partial charge in [-0.2, -0.15) is 0 Å². The summed E-state index contributed by atoms with van der Waals surface area (Å²) in [7, 11) is 3.89. The highest BCUT2D eigenvalue weighted by Gasteiger charge is 2.29. The first-order valence-electron chi connectivity index (χ1n) is 9.67. The van der Waals surface area contributed by atoms with Gasteiger partial charge in [0.05, 0.1) is 23.9 Å². The van der Waals surface area contributed by atoms with Crippen LogP contribution < -0.4 is 9.80 Å². The Morgan fingerprint density at radius 1 is 0.862 bits per heavy atom. The van der Waals surface area contributed by atoms with Gasteiger partial charge in [-0.1, -0.05) is 60.3 Å². The van der Waals surface area contributed by atoms with Gasteiger partial charge in [0.25, 0.3) is 0 Å². The Balaban J connectivity index is 1.60. The van der Waals surface area contributed by atoms with Crippen LogP contribution in [0.15, 0.2) is 102 Å². The monoisotopic (exact) mass is 398 g/mol. The van der Waals surface area contributed by atoms with E-state index in [9.17, 15) is 0 Å². The van der Waals surface area contributed by atoms with E-state index in [1.54, 1.807) is 7.11 Å². The first kappa shape index (κ1) is 18.0. The lowest BCUT2D eigenvalue weighted by Gasteiger charge is -2.32. The molecule has 3 aromatic rings. The zero-order valence-electron chi connectivity index (χ0n) is 16.4. The maximum absolute atomic E-state index is 5.82. The molecule has 2 heterocycles. The molecule has 0 fully saturated rings. The summed E-state index contributed by atoms with van der Waals surface area (Å²) in [6, 6.07) is 27.5. The number of allylic oxidation sites excluding steroid dienone is 2. The zero-order valence-corrected chi connectivity index (χ0v) is 17.3. The minimum absolute atomic E-state index is 0.244. The van der Waals surface area contributed by atoms with Gasteiger partial charge in [-0.15, -0.1) is 0 Å². The zero-order chi connectivity index (χ0) is 19.8. The van der Waals surface area contributed by atoms with E-state index in [1.807, 2.05) is 17.8 Å². The van der Waals surface area contributed by atoms with E-state index in [2.05, 4.69) is 102 Å². The summed E-state index contributed by atoms with van der Waals surface area (Å²) < 4.78 is 5.82. The Hall–Kier alpha value is -3.11. The van der Waals surface area contributed by atoms with E-state index in [-0.39, 0.29) is 5.37 Å². The Bertz CT molecular complexity index is 1110. The maximum Gasteiger partial charge on any atom is 0.198 e. The molecule has 0 amide bonds. The van der Waals surface area contributed by atoms with Gasteiger partial charge >= 0.3 is 0 Å². The van der Waals surface area contributed by atoms with Gasteiger partial charge in [0.15, 0.2) is 5.88 Å². The molecule has 0 aliphatic carbocycles. The van der Waals surface area contributed by atoms with Crippen LogP contribution in [0.5, 0.6) is 0 Å².